The lowest BCUT2D eigenvalue weighted by atomic mass is 10.1. The molecule has 1 aromatic heterocycles. The van der Waals surface area contributed by atoms with Crippen LogP contribution in [0.1, 0.15) is 48.1 Å². The second-order valence-electron chi connectivity index (χ2n) is 6.77. The molecule has 0 saturated carbocycles. The van der Waals surface area contributed by atoms with Crippen molar-refractivity contribution in [3.63, 3.8) is 0 Å². The normalized spacial score (nSPS) is 17.7. The number of anilines is 1. The van der Waals surface area contributed by atoms with Crippen molar-refractivity contribution in [2.45, 2.75) is 50.7 Å². The van der Waals surface area contributed by atoms with Crippen molar-refractivity contribution >= 4 is 28.3 Å². The molecule has 0 spiro atoms. The monoisotopic (exact) mass is 411 g/mol. The van der Waals surface area contributed by atoms with E-state index in [4.69, 9.17) is 0 Å². The van der Waals surface area contributed by atoms with Crippen molar-refractivity contribution in [1.82, 2.24) is 10.3 Å². The first-order chi connectivity index (χ1) is 13.3. The molecule has 2 N–H and O–H groups in total. The van der Waals surface area contributed by atoms with Gasteiger partial charge in [0.1, 0.15) is 0 Å². The molecule has 0 aliphatic carbocycles. The largest absolute Gasteiger partial charge is 0.416 e. The van der Waals surface area contributed by atoms with Crippen LogP contribution in [0.2, 0.25) is 0 Å². The van der Waals surface area contributed by atoms with Gasteiger partial charge in [-0.3, -0.25) is 9.59 Å². The van der Waals surface area contributed by atoms with Crippen molar-refractivity contribution in [1.29, 1.82) is 0 Å². The maximum atomic E-state index is 12.6. The predicted molar refractivity (Wildman–Crippen MR) is 100 cm³/mol. The molecule has 28 heavy (non-hydrogen) atoms. The fourth-order valence-corrected chi connectivity index (χ4v) is 3.92. The molecule has 1 aromatic carbocycles. The standard InChI is InChI=1S/C19H20F3N3O2S/c20-19(21,22)13-7-5-12(6-8-13)9-15-11-23-18(28-15)25-17(27)10-14-3-1-2-4-16(26)24-14/h5-8,11,14H,1-4,9-10H2,(H,24,26)(H,23,25,27). The lowest BCUT2D eigenvalue weighted by Crippen LogP contribution is -2.35. The van der Waals surface area contributed by atoms with Crippen LogP contribution in [-0.4, -0.2) is 22.8 Å². The van der Waals surface area contributed by atoms with Crippen LogP contribution >= 0.6 is 11.3 Å². The number of nitrogens with one attached hydrogen (secondary N) is 2. The number of carbonyl (C=O) groups excluding carboxylic acids is 2. The summed E-state index contributed by atoms with van der Waals surface area (Å²) in [5.41, 5.74) is 0.0507. The lowest BCUT2D eigenvalue weighted by Gasteiger charge is -2.14. The summed E-state index contributed by atoms with van der Waals surface area (Å²) in [5, 5.41) is 6.02. The summed E-state index contributed by atoms with van der Waals surface area (Å²) in [6, 6.07) is 4.83. The molecule has 1 unspecified atom stereocenters. The van der Waals surface area contributed by atoms with Gasteiger partial charge in [0.05, 0.1) is 5.56 Å². The fourth-order valence-electron chi connectivity index (χ4n) is 3.06. The van der Waals surface area contributed by atoms with Crippen LogP contribution < -0.4 is 10.6 Å². The van der Waals surface area contributed by atoms with Gasteiger partial charge in [0.15, 0.2) is 5.13 Å². The third-order valence-electron chi connectivity index (χ3n) is 4.46. The Hall–Kier alpha value is -2.42. The Balaban J connectivity index is 1.53. The van der Waals surface area contributed by atoms with Gasteiger partial charge in [-0.15, -0.1) is 11.3 Å². The highest BCUT2D eigenvalue weighted by molar-refractivity contribution is 7.15. The van der Waals surface area contributed by atoms with Crippen LogP contribution in [-0.2, 0) is 22.2 Å². The van der Waals surface area contributed by atoms with Crippen molar-refractivity contribution in [3.05, 3.63) is 46.5 Å². The molecule has 1 aliphatic heterocycles. The Labute approximate surface area is 164 Å². The van der Waals surface area contributed by atoms with E-state index in [1.54, 1.807) is 6.20 Å². The van der Waals surface area contributed by atoms with Gasteiger partial charge in [0.25, 0.3) is 0 Å². The minimum Gasteiger partial charge on any atom is -0.353 e. The van der Waals surface area contributed by atoms with E-state index in [0.29, 0.717) is 18.0 Å². The minimum atomic E-state index is -4.35. The zero-order valence-electron chi connectivity index (χ0n) is 15.0. The second kappa shape index (κ2) is 8.72. The first-order valence-corrected chi connectivity index (χ1v) is 9.81. The highest BCUT2D eigenvalue weighted by Crippen LogP contribution is 2.30. The molecule has 1 atom stereocenters. The molecule has 1 saturated heterocycles. The molecule has 9 heteroatoms. The van der Waals surface area contributed by atoms with E-state index in [-0.39, 0.29) is 24.3 Å². The minimum absolute atomic E-state index is 0.0247. The van der Waals surface area contributed by atoms with Gasteiger partial charge < -0.3 is 10.6 Å². The van der Waals surface area contributed by atoms with E-state index < -0.39 is 11.7 Å². The summed E-state index contributed by atoms with van der Waals surface area (Å²) in [6.45, 7) is 0. The molecule has 5 nitrogen and oxygen atoms in total. The van der Waals surface area contributed by atoms with Gasteiger partial charge in [0, 0.05) is 36.4 Å². The average molecular weight is 411 g/mol. The number of halogens is 3. The highest BCUT2D eigenvalue weighted by atomic mass is 32.1. The Kier molecular flexibility index (Phi) is 6.33. The number of amides is 2. The van der Waals surface area contributed by atoms with Crippen LogP contribution in [0.15, 0.2) is 30.5 Å². The first-order valence-electron chi connectivity index (χ1n) is 8.99. The topological polar surface area (TPSA) is 71.1 Å². The van der Waals surface area contributed by atoms with Crippen molar-refractivity contribution in [2.75, 3.05) is 5.32 Å². The molecule has 1 fully saturated rings. The second-order valence-corrected chi connectivity index (χ2v) is 7.88. The number of rotatable bonds is 5. The van der Waals surface area contributed by atoms with E-state index in [9.17, 15) is 22.8 Å². The number of nitrogens with zero attached hydrogens (tertiary/aromatic N) is 1. The van der Waals surface area contributed by atoms with Crippen LogP contribution in [0.25, 0.3) is 0 Å². The van der Waals surface area contributed by atoms with Crippen molar-refractivity contribution in [2.24, 2.45) is 0 Å². The molecule has 0 bridgehead atoms. The number of carbonyl (C=O) groups is 2. The molecule has 150 valence electrons. The van der Waals surface area contributed by atoms with Gasteiger partial charge in [0.2, 0.25) is 11.8 Å². The number of alkyl halides is 3. The summed E-state index contributed by atoms with van der Waals surface area (Å²) in [5.74, 6) is -0.244. The van der Waals surface area contributed by atoms with E-state index in [1.165, 1.54) is 23.5 Å². The molecule has 2 amide bonds. The Morgan fingerprint density at radius 2 is 2.00 bits per heavy atom. The number of aromatic nitrogens is 1. The average Bonchev–Trinajstić information content (AvgIpc) is 2.94. The van der Waals surface area contributed by atoms with Crippen LogP contribution in [0, 0.1) is 0 Å². The molecule has 0 radical (unpaired) electrons. The maximum Gasteiger partial charge on any atom is 0.416 e. The van der Waals surface area contributed by atoms with Crippen LogP contribution in [0.3, 0.4) is 0 Å². The van der Waals surface area contributed by atoms with Gasteiger partial charge >= 0.3 is 6.18 Å². The van der Waals surface area contributed by atoms with Crippen LogP contribution in [0.4, 0.5) is 18.3 Å². The summed E-state index contributed by atoms with van der Waals surface area (Å²) in [7, 11) is 0. The maximum absolute atomic E-state index is 12.6. The van der Waals surface area contributed by atoms with E-state index in [0.717, 1.165) is 41.8 Å². The summed E-state index contributed by atoms with van der Waals surface area (Å²) >= 11 is 1.28. The number of hydrogen-bond donors (Lipinski definition) is 2. The fraction of sp³-hybridized carbons (Fsp3) is 0.421. The Morgan fingerprint density at radius 1 is 1.25 bits per heavy atom. The Bertz CT molecular complexity index is 834. The van der Waals surface area contributed by atoms with Crippen LogP contribution in [0.5, 0.6) is 0 Å². The Morgan fingerprint density at radius 3 is 2.71 bits per heavy atom. The van der Waals surface area contributed by atoms with Gasteiger partial charge in [-0.1, -0.05) is 18.6 Å². The highest BCUT2D eigenvalue weighted by Gasteiger charge is 2.29. The van der Waals surface area contributed by atoms with Crippen molar-refractivity contribution < 1.29 is 22.8 Å². The third-order valence-corrected chi connectivity index (χ3v) is 5.38. The molecular formula is C19H20F3N3O2S. The summed E-state index contributed by atoms with van der Waals surface area (Å²) < 4.78 is 37.8. The molecule has 3 rings (SSSR count). The van der Waals surface area contributed by atoms with E-state index >= 15 is 0 Å². The number of thiazole rings is 1. The molecule has 2 aromatic rings. The number of hydrogen-bond acceptors (Lipinski definition) is 4. The quantitative estimate of drug-likeness (QED) is 0.777. The molecule has 1 aliphatic rings. The molecular weight excluding hydrogens is 391 g/mol. The van der Waals surface area contributed by atoms with E-state index in [1.807, 2.05) is 0 Å². The third kappa shape index (κ3) is 5.79. The SMILES string of the molecule is O=C(CC1CCCCC(=O)N1)Nc1ncc(Cc2ccc(C(F)(F)F)cc2)s1. The van der Waals surface area contributed by atoms with Crippen molar-refractivity contribution in [3.8, 4) is 0 Å². The predicted octanol–water partition coefficient (Wildman–Crippen LogP) is 4.14. The van der Waals surface area contributed by atoms with E-state index in [2.05, 4.69) is 15.6 Å². The zero-order valence-corrected chi connectivity index (χ0v) is 15.8. The lowest BCUT2D eigenvalue weighted by molar-refractivity contribution is -0.137. The van der Waals surface area contributed by atoms with Gasteiger partial charge in [-0.2, -0.15) is 13.2 Å². The smallest absolute Gasteiger partial charge is 0.353 e. The first kappa shape index (κ1) is 20.3. The number of benzene rings is 1. The molecule has 2 heterocycles. The summed E-state index contributed by atoms with van der Waals surface area (Å²) in [6.07, 6.45) is 0.898. The van der Waals surface area contributed by atoms with Gasteiger partial charge in [-0.05, 0) is 30.5 Å². The summed E-state index contributed by atoms with van der Waals surface area (Å²) in [4.78, 5) is 28.8. The zero-order chi connectivity index (χ0) is 20.1. The van der Waals surface area contributed by atoms with Gasteiger partial charge in [-0.25, -0.2) is 4.98 Å².